The smallest absolute Gasteiger partial charge is 0.137 e. The number of hydrogen-bond donors (Lipinski definition) is 0. The van der Waals surface area contributed by atoms with Gasteiger partial charge in [0.05, 0.1) is 17.2 Å². The van der Waals surface area contributed by atoms with Crippen LogP contribution in [0.2, 0.25) is 0 Å². The van der Waals surface area contributed by atoms with E-state index in [1.165, 1.54) is 11.0 Å². The molecule has 0 radical (unpaired) electrons. The highest BCUT2D eigenvalue weighted by Gasteiger charge is 2.08. The average Bonchev–Trinajstić information content (AvgIpc) is 2.70. The molecule has 0 atom stereocenters. The maximum absolute atomic E-state index is 4.31. The molecule has 0 bridgehead atoms. The second-order valence-electron chi connectivity index (χ2n) is 3.55. The van der Waals surface area contributed by atoms with Crippen LogP contribution in [0.1, 0.15) is 5.82 Å². The zero-order chi connectivity index (χ0) is 9.71. The van der Waals surface area contributed by atoms with Crippen LogP contribution in [0.4, 0.5) is 0 Å². The van der Waals surface area contributed by atoms with Crippen molar-refractivity contribution < 1.29 is 0 Å². The first-order chi connectivity index (χ1) is 6.79. The molecule has 0 saturated heterocycles. The fraction of sp³-hybridized carbons (Fsp3) is 0.182. The Balaban J connectivity index is 2.70. The van der Waals surface area contributed by atoms with Gasteiger partial charge in [-0.25, -0.2) is 4.98 Å². The Morgan fingerprint density at radius 3 is 2.64 bits per heavy atom. The van der Waals surface area contributed by atoms with Crippen LogP contribution in [0.25, 0.3) is 16.7 Å². The second-order valence-corrected chi connectivity index (χ2v) is 3.55. The van der Waals surface area contributed by atoms with Gasteiger partial charge in [0.25, 0.3) is 0 Å². The van der Waals surface area contributed by atoms with Gasteiger partial charge in [-0.15, -0.1) is 0 Å². The highest BCUT2D eigenvalue weighted by Crippen LogP contribution is 2.20. The van der Waals surface area contributed by atoms with Gasteiger partial charge in [0, 0.05) is 7.05 Å². The van der Waals surface area contributed by atoms with E-state index in [9.17, 15) is 0 Å². The van der Waals surface area contributed by atoms with Gasteiger partial charge in [-0.05, 0) is 19.1 Å². The summed E-state index contributed by atoms with van der Waals surface area (Å²) in [7, 11) is 2.07. The third-order valence-corrected chi connectivity index (χ3v) is 2.75. The van der Waals surface area contributed by atoms with Crippen molar-refractivity contribution in [1.29, 1.82) is 0 Å². The third kappa shape index (κ3) is 0.744. The normalized spacial score (nSPS) is 11.6. The lowest BCUT2D eigenvalue weighted by atomic mass is 10.3. The maximum atomic E-state index is 4.31. The molecule has 0 aliphatic carbocycles. The Kier molecular flexibility index (Phi) is 1.29. The van der Waals surface area contributed by atoms with E-state index in [-0.39, 0.29) is 0 Å². The minimum Gasteiger partial charge on any atom is -0.327 e. The zero-order valence-electron chi connectivity index (χ0n) is 8.23. The molecule has 1 aromatic carbocycles. The third-order valence-electron chi connectivity index (χ3n) is 2.75. The van der Waals surface area contributed by atoms with Gasteiger partial charge in [-0.2, -0.15) is 0 Å². The van der Waals surface area contributed by atoms with Gasteiger partial charge in [-0.1, -0.05) is 12.1 Å². The zero-order valence-corrected chi connectivity index (χ0v) is 8.23. The number of para-hydroxylation sites is 2. The lowest BCUT2D eigenvalue weighted by Crippen LogP contribution is -1.85. The van der Waals surface area contributed by atoms with Gasteiger partial charge in [-0.3, -0.25) is 4.40 Å². The van der Waals surface area contributed by atoms with E-state index >= 15 is 0 Å². The minimum absolute atomic E-state index is 1.04. The first-order valence-electron chi connectivity index (χ1n) is 4.66. The van der Waals surface area contributed by atoms with Crippen LogP contribution in [-0.4, -0.2) is 14.0 Å². The number of aromatic nitrogens is 3. The number of imidazole rings is 2. The summed E-state index contributed by atoms with van der Waals surface area (Å²) < 4.78 is 4.34. The summed E-state index contributed by atoms with van der Waals surface area (Å²) in [5, 5.41) is 0. The lowest BCUT2D eigenvalue weighted by molar-refractivity contribution is 0.987. The molecule has 0 aliphatic heterocycles. The fourth-order valence-electron chi connectivity index (χ4n) is 2.03. The van der Waals surface area contributed by atoms with E-state index in [1.54, 1.807) is 0 Å². The summed E-state index contributed by atoms with van der Waals surface area (Å²) in [6.07, 6.45) is 1.91. The average molecular weight is 185 g/mol. The van der Waals surface area contributed by atoms with Crippen molar-refractivity contribution in [3.63, 3.8) is 0 Å². The summed E-state index contributed by atoms with van der Waals surface area (Å²) in [5.74, 6) is 1.04. The van der Waals surface area contributed by atoms with Crippen LogP contribution in [-0.2, 0) is 7.05 Å². The molecular weight excluding hydrogens is 174 g/mol. The summed E-state index contributed by atoms with van der Waals surface area (Å²) in [5.41, 5.74) is 3.61. The fourth-order valence-corrected chi connectivity index (χ4v) is 2.03. The Hall–Kier alpha value is -1.77. The van der Waals surface area contributed by atoms with Crippen molar-refractivity contribution in [3.05, 3.63) is 36.3 Å². The molecule has 14 heavy (non-hydrogen) atoms. The molecule has 3 rings (SSSR count). The summed E-state index contributed by atoms with van der Waals surface area (Å²) >= 11 is 0. The Morgan fingerprint density at radius 2 is 1.86 bits per heavy atom. The number of fused-ring (bicyclic) bond motifs is 3. The van der Waals surface area contributed by atoms with Crippen LogP contribution in [0.3, 0.4) is 0 Å². The van der Waals surface area contributed by atoms with E-state index in [4.69, 9.17) is 0 Å². The topological polar surface area (TPSA) is 22.2 Å². The van der Waals surface area contributed by atoms with Gasteiger partial charge in [0.15, 0.2) is 0 Å². The molecule has 0 aliphatic rings. The van der Waals surface area contributed by atoms with Crippen LogP contribution in [0.15, 0.2) is 30.5 Å². The molecule has 70 valence electrons. The largest absolute Gasteiger partial charge is 0.327 e. The summed E-state index contributed by atoms with van der Waals surface area (Å²) in [4.78, 5) is 4.31. The molecule has 0 amide bonds. The van der Waals surface area contributed by atoms with Crippen molar-refractivity contribution in [2.45, 2.75) is 6.92 Å². The summed E-state index contributed by atoms with van der Waals surface area (Å²) in [6.45, 7) is 2.03. The van der Waals surface area contributed by atoms with E-state index in [1.807, 2.05) is 13.1 Å². The number of rotatable bonds is 0. The van der Waals surface area contributed by atoms with Crippen molar-refractivity contribution in [1.82, 2.24) is 14.0 Å². The molecule has 0 N–H and O–H groups in total. The highest BCUT2D eigenvalue weighted by molar-refractivity contribution is 5.81. The van der Waals surface area contributed by atoms with E-state index in [0.717, 1.165) is 11.5 Å². The van der Waals surface area contributed by atoms with Crippen molar-refractivity contribution >= 4 is 16.7 Å². The molecule has 0 saturated carbocycles. The highest BCUT2D eigenvalue weighted by atomic mass is 15.2. The van der Waals surface area contributed by atoms with Crippen LogP contribution in [0.5, 0.6) is 0 Å². The van der Waals surface area contributed by atoms with Gasteiger partial charge in [0.2, 0.25) is 0 Å². The van der Waals surface area contributed by atoms with Gasteiger partial charge < -0.3 is 4.57 Å². The maximum Gasteiger partial charge on any atom is 0.137 e. The molecule has 0 fully saturated rings. The van der Waals surface area contributed by atoms with Crippen LogP contribution >= 0.6 is 0 Å². The standard InChI is InChI=1S/C11H11N3/c1-8-12-7-11-13(2)9-5-3-4-6-10(9)14(8)11/h3-7H,1-2H3. The predicted octanol–water partition coefficient (Wildman–Crippen LogP) is 2.13. The second kappa shape index (κ2) is 2.38. The molecule has 0 spiro atoms. The Morgan fingerprint density at radius 1 is 1.14 bits per heavy atom. The molecule has 3 heteroatoms. The molecule has 2 heterocycles. The first kappa shape index (κ1) is 7.62. The SMILES string of the molecule is Cc1ncc2n(C)c3ccccc3n12. The monoisotopic (exact) mass is 185 g/mol. The molecule has 3 aromatic rings. The number of hydrogen-bond acceptors (Lipinski definition) is 1. The number of benzene rings is 1. The van der Waals surface area contributed by atoms with Crippen molar-refractivity contribution in [2.75, 3.05) is 0 Å². The quantitative estimate of drug-likeness (QED) is 0.526. The number of aryl methyl sites for hydroxylation is 2. The van der Waals surface area contributed by atoms with E-state index in [0.29, 0.717) is 0 Å². The molecule has 2 aromatic heterocycles. The number of nitrogens with zero attached hydrogens (tertiary/aromatic N) is 3. The van der Waals surface area contributed by atoms with Crippen LogP contribution in [0, 0.1) is 6.92 Å². The molecule has 0 unspecified atom stereocenters. The molecule has 3 nitrogen and oxygen atoms in total. The Bertz CT molecular complexity index is 616. The first-order valence-corrected chi connectivity index (χ1v) is 4.66. The predicted molar refractivity (Wildman–Crippen MR) is 56.4 cm³/mol. The Labute approximate surface area is 81.6 Å². The van der Waals surface area contributed by atoms with E-state index < -0.39 is 0 Å². The minimum atomic E-state index is 1.04. The van der Waals surface area contributed by atoms with Gasteiger partial charge in [0.1, 0.15) is 11.5 Å². The van der Waals surface area contributed by atoms with Crippen molar-refractivity contribution in [3.8, 4) is 0 Å². The molecular formula is C11H11N3. The van der Waals surface area contributed by atoms with Crippen LogP contribution < -0.4 is 0 Å². The van der Waals surface area contributed by atoms with E-state index in [2.05, 4.69) is 45.3 Å². The summed E-state index contributed by atoms with van der Waals surface area (Å²) in [6, 6.07) is 8.37. The van der Waals surface area contributed by atoms with Crippen molar-refractivity contribution in [2.24, 2.45) is 7.05 Å². The van der Waals surface area contributed by atoms with Gasteiger partial charge >= 0.3 is 0 Å². The lowest BCUT2D eigenvalue weighted by Gasteiger charge is -1.93.